The fraction of sp³-hybridized carbons (Fsp3) is 0.423. The molecule has 0 aromatic heterocycles. The molecule has 32 heavy (non-hydrogen) atoms. The van der Waals surface area contributed by atoms with Gasteiger partial charge >= 0.3 is 0 Å². The molecule has 1 aliphatic rings. The standard InChI is InChI=1S/C26H33N3O3/c1-18-8-9-22(16-21(18)4)23(30)10-11-25(32)29-14-12-28(13-15-29)17-24(31)27-26-19(2)6-5-7-20(26)3/h5-9,16H,10-15,17H2,1-4H3,(H,27,31). The SMILES string of the molecule is Cc1ccc(C(=O)CCC(=O)N2CCN(CC(=O)Nc3c(C)cccc3C)CC2)cc1C. The summed E-state index contributed by atoms with van der Waals surface area (Å²) in [5.74, 6) is -0.0359. The van der Waals surface area contributed by atoms with Gasteiger partial charge in [-0.3, -0.25) is 19.3 Å². The molecule has 0 bridgehead atoms. The predicted molar refractivity (Wildman–Crippen MR) is 127 cm³/mol. The van der Waals surface area contributed by atoms with Gasteiger partial charge in [-0.2, -0.15) is 0 Å². The number of anilines is 1. The van der Waals surface area contributed by atoms with Gasteiger partial charge in [-0.15, -0.1) is 0 Å². The zero-order chi connectivity index (χ0) is 23.3. The summed E-state index contributed by atoms with van der Waals surface area (Å²) in [6, 6.07) is 11.6. The number of benzene rings is 2. The zero-order valence-corrected chi connectivity index (χ0v) is 19.5. The molecule has 1 saturated heterocycles. The van der Waals surface area contributed by atoms with Crippen LogP contribution in [-0.2, 0) is 9.59 Å². The summed E-state index contributed by atoms with van der Waals surface area (Å²) in [4.78, 5) is 41.4. The van der Waals surface area contributed by atoms with Gasteiger partial charge in [-0.25, -0.2) is 0 Å². The second kappa shape index (κ2) is 10.6. The van der Waals surface area contributed by atoms with Crippen LogP contribution in [0.1, 0.15) is 45.5 Å². The van der Waals surface area contributed by atoms with E-state index in [0.717, 1.165) is 27.9 Å². The van der Waals surface area contributed by atoms with Crippen LogP contribution >= 0.6 is 0 Å². The Bertz CT molecular complexity index is 987. The molecule has 0 aliphatic carbocycles. The van der Waals surface area contributed by atoms with Crippen molar-refractivity contribution >= 4 is 23.3 Å². The lowest BCUT2D eigenvalue weighted by Gasteiger charge is -2.34. The van der Waals surface area contributed by atoms with Crippen molar-refractivity contribution in [3.8, 4) is 0 Å². The number of aryl methyl sites for hydroxylation is 4. The maximum absolute atomic E-state index is 12.6. The number of amides is 2. The molecule has 1 N–H and O–H groups in total. The summed E-state index contributed by atoms with van der Waals surface area (Å²) in [5.41, 5.74) is 5.87. The largest absolute Gasteiger partial charge is 0.340 e. The third kappa shape index (κ3) is 6.04. The van der Waals surface area contributed by atoms with Gasteiger partial charge in [-0.1, -0.05) is 30.3 Å². The van der Waals surface area contributed by atoms with E-state index in [-0.39, 0.29) is 30.4 Å². The maximum Gasteiger partial charge on any atom is 0.238 e. The van der Waals surface area contributed by atoms with Crippen LogP contribution in [0.25, 0.3) is 0 Å². The highest BCUT2D eigenvalue weighted by atomic mass is 16.2. The first-order valence-electron chi connectivity index (χ1n) is 11.2. The van der Waals surface area contributed by atoms with Crippen molar-refractivity contribution < 1.29 is 14.4 Å². The lowest BCUT2D eigenvalue weighted by molar-refractivity contribution is -0.133. The number of para-hydroxylation sites is 1. The van der Waals surface area contributed by atoms with Crippen LogP contribution in [0.2, 0.25) is 0 Å². The van der Waals surface area contributed by atoms with E-state index in [0.29, 0.717) is 38.3 Å². The second-order valence-corrected chi connectivity index (χ2v) is 8.69. The molecule has 0 saturated carbocycles. The number of hydrogen-bond acceptors (Lipinski definition) is 4. The minimum Gasteiger partial charge on any atom is -0.340 e. The Kier molecular flexibility index (Phi) is 7.80. The molecular weight excluding hydrogens is 402 g/mol. The number of nitrogens with zero attached hydrogens (tertiary/aromatic N) is 2. The predicted octanol–water partition coefficient (Wildman–Crippen LogP) is 3.67. The molecule has 0 unspecified atom stereocenters. The number of rotatable bonds is 7. The lowest BCUT2D eigenvalue weighted by atomic mass is 10.0. The fourth-order valence-electron chi connectivity index (χ4n) is 3.99. The minimum absolute atomic E-state index is 0.00169. The van der Waals surface area contributed by atoms with E-state index in [9.17, 15) is 14.4 Å². The highest BCUT2D eigenvalue weighted by molar-refractivity contribution is 5.98. The molecule has 3 rings (SSSR count). The molecule has 2 aromatic rings. The Morgan fingerprint density at radius 3 is 2.09 bits per heavy atom. The fourth-order valence-corrected chi connectivity index (χ4v) is 3.99. The Morgan fingerprint density at radius 1 is 0.812 bits per heavy atom. The monoisotopic (exact) mass is 435 g/mol. The van der Waals surface area contributed by atoms with Crippen LogP contribution in [0.15, 0.2) is 36.4 Å². The summed E-state index contributed by atoms with van der Waals surface area (Å²) in [6.45, 7) is 10.7. The van der Waals surface area contributed by atoms with Crippen LogP contribution < -0.4 is 5.32 Å². The van der Waals surface area contributed by atoms with E-state index in [2.05, 4.69) is 10.2 Å². The lowest BCUT2D eigenvalue weighted by Crippen LogP contribution is -2.50. The van der Waals surface area contributed by atoms with Crippen LogP contribution in [0.5, 0.6) is 0 Å². The zero-order valence-electron chi connectivity index (χ0n) is 19.5. The first kappa shape index (κ1) is 23.7. The number of nitrogens with one attached hydrogen (secondary N) is 1. The Labute approximate surface area is 190 Å². The van der Waals surface area contributed by atoms with E-state index in [1.54, 1.807) is 4.90 Å². The average molecular weight is 436 g/mol. The van der Waals surface area contributed by atoms with Crippen LogP contribution in [0, 0.1) is 27.7 Å². The average Bonchev–Trinajstić information content (AvgIpc) is 2.77. The maximum atomic E-state index is 12.6. The van der Waals surface area contributed by atoms with Gasteiger partial charge in [0.1, 0.15) is 0 Å². The summed E-state index contributed by atoms with van der Waals surface area (Å²) < 4.78 is 0. The molecule has 0 atom stereocenters. The first-order chi connectivity index (χ1) is 15.2. The van der Waals surface area contributed by atoms with Gasteiger partial charge in [0.05, 0.1) is 6.54 Å². The quantitative estimate of drug-likeness (QED) is 0.674. The Morgan fingerprint density at radius 2 is 1.47 bits per heavy atom. The van der Waals surface area contributed by atoms with E-state index < -0.39 is 0 Å². The van der Waals surface area contributed by atoms with Crippen molar-refractivity contribution in [1.29, 1.82) is 0 Å². The first-order valence-corrected chi connectivity index (χ1v) is 11.2. The topological polar surface area (TPSA) is 69.7 Å². The number of carbonyl (C=O) groups excluding carboxylic acids is 3. The van der Waals surface area contributed by atoms with Gasteiger partial charge in [0.2, 0.25) is 11.8 Å². The summed E-state index contributed by atoms with van der Waals surface area (Å²) in [6.07, 6.45) is 0.443. The summed E-state index contributed by atoms with van der Waals surface area (Å²) in [7, 11) is 0. The van der Waals surface area contributed by atoms with Crippen molar-refractivity contribution in [2.24, 2.45) is 0 Å². The van der Waals surface area contributed by atoms with Crippen LogP contribution in [0.3, 0.4) is 0 Å². The molecule has 1 heterocycles. The number of Topliss-reactive ketones (excluding diaryl/α,β-unsaturated/α-hetero) is 1. The normalized spacial score (nSPS) is 14.3. The van der Waals surface area contributed by atoms with Gasteiger partial charge < -0.3 is 10.2 Å². The molecule has 6 nitrogen and oxygen atoms in total. The van der Waals surface area contributed by atoms with Crippen molar-refractivity contribution in [1.82, 2.24) is 9.80 Å². The Hall–Kier alpha value is -2.99. The Balaban J connectivity index is 1.42. The van der Waals surface area contributed by atoms with Crippen molar-refractivity contribution in [2.75, 3.05) is 38.0 Å². The van der Waals surface area contributed by atoms with E-state index >= 15 is 0 Å². The minimum atomic E-state index is -0.0406. The molecule has 170 valence electrons. The van der Waals surface area contributed by atoms with Crippen LogP contribution in [-0.4, -0.2) is 60.1 Å². The third-order valence-corrected chi connectivity index (χ3v) is 6.23. The summed E-state index contributed by atoms with van der Waals surface area (Å²) in [5, 5.41) is 3.02. The van der Waals surface area contributed by atoms with E-state index in [4.69, 9.17) is 0 Å². The molecule has 1 aliphatic heterocycles. The number of piperazine rings is 1. The van der Waals surface area contributed by atoms with Gasteiger partial charge in [0, 0.05) is 50.3 Å². The second-order valence-electron chi connectivity index (χ2n) is 8.69. The van der Waals surface area contributed by atoms with Crippen molar-refractivity contribution in [3.05, 3.63) is 64.2 Å². The molecule has 1 fully saturated rings. The van der Waals surface area contributed by atoms with Gasteiger partial charge in [0.15, 0.2) is 5.78 Å². The third-order valence-electron chi connectivity index (χ3n) is 6.23. The smallest absolute Gasteiger partial charge is 0.238 e. The number of carbonyl (C=O) groups is 3. The molecule has 6 heteroatoms. The highest BCUT2D eigenvalue weighted by Gasteiger charge is 2.23. The number of hydrogen-bond donors (Lipinski definition) is 1. The van der Waals surface area contributed by atoms with Crippen molar-refractivity contribution in [3.63, 3.8) is 0 Å². The molecular formula is C26H33N3O3. The van der Waals surface area contributed by atoms with E-state index in [1.807, 2.05) is 64.1 Å². The van der Waals surface area contributed by atoms with Gasteiger partial charge in [-0.05, 0) is 56.0 Å². The van der Waals surface area contributed by atoms with Crippen LogP contribution in [0.4, 0.5) is 5.69 Å². The number of ketones is 1. The molecule has 0 spiro atoms. The molecule has 2 amide bonds. The van der Waals surface area contributed by atoms with Gasteiger partial charge in [0.25, 0.3) is 0 Å². The molecule has 0 radical (unpaired) electrons. The summed E-state index contributed by atoms with van der Waals surface area (Å²) >= 11 is 0. The van der Waals surface area contributed by atoms with Crippen molar-refractivity contribution in [2.45, 2.75) is 40.5 Å². The van der Waals surface area contributed by atoms with E-state index in [1.165, 1.54) is 0 Å². The highest BCUT2D eigenvalue weighted by Crippen LogP contribution is 2.19. The molecule has 2 aromatic carbocycles.